The minimum absolute atomic E-state index is 0.0493. The molecule has 21 heteroatoms. The number of fused-ring (bicyclic) bond motifs is 2. The molecule has 4 aromatic heterocycles. The lowest BCUT2D eigenvalue weighted by molar-refractivity contribution is 0.0606. The molecule has 4 N–H and O–H groups in total. The number of aryl methyl sites for hydroxylation is 2. The first-order valence-corrected chi connectivity index (χ1v) is 27.7. The highest BCUT2D eigenvalue weighted by Gasteiger charge is 2.33. The summed E-state index contributed by atoms with van der Waals surface area (Å²) in [5.74, 6) is -0.151. The SMILES string of the molecule is CS(=O)(=O)Nc1ccc(Br)cc1C(=O)O.Cc1cc(C2CC2)nc2cc([C@@H]3CCCCN3)nn12.Cc1cc(C2CC2)nc2cc([C@@H]3CCCCN3C(=O)c3cc(Br)ccc3NS(C)(=O)=O)nn12. The third-order valence-corrected chi connectivity index (χ3v) is 14.2. The number of hydrogen-bond donors (Lipinski definition) is 4. The number of benzene rings is 2. The zero-order valence-corrected chi connectivity index (χ0v) is 42.5. The van der Waals surface area contributed by atoms with E-state index in [1.54, 1.807) is 24.3 Å². The van der Waals surface area contributed by atoms with Gasteiger partial charge in [0, 0.05) is 62.2 Å². The van der Waals surface area contributed by atoms with E-state index in [4.69, 9.17) is 25.3 Å². The Balaban J connectivity index is 0.000000151. The van der Waals surface area contributed by atoms with E-state index < -0.39 is 26.0 Å². The largest absolute Gasteiger partial charge is 0.478 e. The quantitative estimate of drug-likeness (QED) is 0.101. The van der Waals surface area contributed by atoms with Crippen molar-refractivity contribution < 1.29 is 31.5 Å². The Hall–Kier alpha value is -4.96. The molecule has 0 bridgehead atoms. The van der Waals surface area contributed by atoms with Crippen molar-refractivity contribution in [2.45, 2.75) is 102 Å². The average molecular weight is 1080 g/mol. The maximum absolute atomic E-state index is 13.7. The minimum Gasteiger partial charge on any atom is -0.478 e. The number of carboxylic acids is 1. The molecule has 0 radical (unpaired) electrons. The summed E-state index contributed by atoms with van der Waals surface area (Å²) >= 11 is 6.51. The Morgan fingerprint density at radius 1 is 0.657 bits per heavy atom. The maximum atomic E-state index is 13.7. The molecule has 2 aliphatic carbocycles. The van der Waals surface area contributed by atoms with Crippen molar-refractivity contribution in [3.63, 3.8) is 0 Å². The number of carbonyl (C=O) groups is 2. The molecule has 17 nitrogen and oxygen atoms in total. The summed E-state index contributed by atoms with van der Waals surface area (Å²) in [5.41, 5.74) is 8.96. The Morgan fingerprint density at radius 3 is 1.67 bits per heavy atom. The third-order valence-electron chi connectivity index (χ3n) is 12.1. The van der Waals surface area contributed by atoms with Crippen molar-refractivity contribution in [2.24, 2.45) is 0 Å². The van der Waals surface area contributed by atoms with Gasteiger partial charge in [0.1, 0.15) is 0 Å². The highest BCUT2D eigenvalue weighted by Crippen LogP contribution is 2.41. The van der Waals surface area contributed by atoms with Gasteiger partial charge in [-0.15, -0.1) is 0 Å². The van der Waals surface area contributed by atoms with Crippen LogP contribution in [-0.4, -0.2) is 93.5 Å². The second-order valence-corrected chi connectivity index (χ2v) is 23.1. The van der Waals surface area contributed by atoms with Gasteiger partial charge in [-0.2, -0.15) is 10.2 Å². The molecule has 6 aromatic rings. The standard InChI is InChI=1S/C23H26BrN5O3S.C15H20N4.C8H8BrNO4S/c1-14-11-19(15-6-7-15)25-22-13-20(26-29(14)22)21-5-3-4-10-28(21)23(30)17-12-16(24)8-9-18(17)27-33(2,31)32;1-10-8-13(11-5-6-11)17-15-9-14(18-19(10)15)12-4-2-3-7-16-12;1-15(13,14)10-7-3-2-5(9)4-6(7)8(11)12/h8-9,11-13,15,21,27H,3-7,10H2,1-2H3;8-9,11-12,16H,2-7H2,1H3;2-4,10H,1H3,(H,11,12)/t21-;12-;/m00./s1. The second-order valence-electron chi connectivity index (χ2n) is 17.8. The number of hydrogen-bond acceptors (Lipinski definition) is 11. The van der Waals surface area contributed by atoms with Gasteiger partial charge in [0.05, 0.1) is 58.5 Å². The predicted octanol–water partition coefficient (Wildman–Crippen LogP) is 8.67. The number of carbonyl (C=O) groups excluding carboxylic acids is 1. The number of carboxylic acid groups (broad SMARTS) is 1. The van der Waals surface area contributed by atoms with Gasteiger partial charge in [-0.1, -0.05) is 38.3 Å². The fraction of sp³-hybridized carbons (Fsp3) is 0.435. The molecule has 10 rings (SSSR count). The van der Waals surface area contributed by atoms with E-state index in [2.05, 4.69) is 71.7 Å². The summed E-state index contributed by atoms with van der Waals surface area (Å²) in [6.07, 6.45) is 13.5. The highest BCUT2D eigenvalue weighted by atomic mass is 79.9. The number of halogens is 2. The molecule has 2 aliphatic heterocycles. The van der Waals surface area contributed by atoms with Gasteiger partial charge >= 0.3 is 5.97 Å². The average Bonchev–Trinajstić information content (AvgIpc) is 4.22. The van der Waals surface area contributed by atoms with Gasteiger partial charge in [0.25, 0.3) is 5.91 Å². The lowest BCUT2D eigenvalue weighted by Gasteiger charge is -2.35. The van der Waals surface area contributed by atoms with Crippen molar-refractivity contribution in [1.82, 2.24) is 39.4 Å². The number of nitrogens with one attached hydrogen (secondary N) is 3. The van der Waals surface area contributed by atoms with Crippen molar-refractivity contribution in [3.05, 3.63) is 115 Å². The summed E-state index contributed by atoms with van der Waals surface area (Å²) in [6, 6.07) is 17.9. The normalized spacial score (nSPS) is 18.7. The molecule has 0 unspecified atom stereocenters. The van der Waals surface area contributed by atoms with Gasteiger partial charge in [-0.05, 0) is 127 Å². The first-order chi connectivity index (χ1) is 31.8. The predicted molar refractivity (Wildman–Crippen MR) is 264 cm³/mol. The zero-order valence-electron chi connectivity index (χ0n) is 37.7. The zero-order chi connectivity index (χ0) is 47.8. The Bertz CT molecular complexity index is 3080. The number of sulfonamides is 2. The highest BCUT2D eigenvalue weighted by molar-refractivity contribution is 9.10. The summed E-state index contributed by atoms with van der Waals surface area (Å²) in [7, 11) is -7.01. The van der Waals surface area contributed by atoms with Crippen LogP contribution in [0, 0.1) is 13.8 Å². The summed E-state index contributed by atoms with van der Waals surface area (Å²) in [6.45, 7) is 5.86. The molecule has 2 atom stereocenters. The molecule has 2 aromatic carbocycles. The molecule has 4 aliphatic rings. The van der Waals surface area contributed by atoms with Crippen molar-refractivity contribution in [1.29, 1.82) is 0 Å². The van der Waals surface area contributed by atoms with Crippen molar-refractivity contribution in [2.75, 3.05) is 35.0 Å². The van der Waals surface area contributed by atoms with Gasteiger partial charge < -0.3 is 15.3 Å². The lowest BCUT2D eigenvalue weighted by Crippen LogP contribution is -2.39. The van der Waals surface area contributed by atoms with E-state index in [0.717, 1.165) is 72.4 Å². The Morgan fingerprint density at radius 2 is 1.16 bits per heavy atom. The number of aromatic carboxylic acids is 1. The monoisotopic (exact) mass is 1080 g/mol. The Kier molecular flexibility index (Phi) is 14.4. The van der Waals surface area contributed by atoms with Gasteiger partial charge in [0.2, 0.25) is 20.0 Å². The van der Waals surface area contributed by atoms with Crippen LogP contribution in [0.4, 0.5) is 11.4 Å². The van der Waals surface area contributed by atoms with E-state index in [-0.39, 0.29) is 28.9 Å². The van der Waals surface area contributed by atoms with E-state index in [0.29, 0.717) is 38.9 Å². The summed E-state index contributed by atoms with van der Waals surface area (Å²) < 4.78 is 55.4. The first-order valence-electron chi connectivity index (χ1n) is 22.4. The van der Waals surface area contributed by atoms with Gasteiger partial charge in [0.15, 0.2) is 11.3 Å². The minimum atomic E-state index is -3.53. The first kappa shape index (κ1) is 48.5. The smallest absolute Gasteiger partial charge is 0.337 e. The molecule has 6 heterocycles. The molecule has 2 saturated heterocycles. The van der Waals surface area contributed by atoms with Crippen LogP contribution in [0.25, 0.3) is 11.3 Å². The second kappa shape index (κ2) is 19.9. The molecular weight excluding hydrogens is 1030 g/mol. The fourth-order valence-corrected chi connectivity index (χ4v) is 10.4. The molecule has 0 spiro atoms. The summed E-state index contributed by atoms with van der Waals surface area (Å²) in [4.78, 5) is 35.9. The van der Waals surface area contributed by atoms with Crippen LogP contribution in [0.15, 0.2) is 69.6 Å². The molecule has 67 heavy (non-hydrogen) atoms. The summed E-state index contributed by atoms with van der Waals surface area (Å²) in [5, 5.41) is 22.0. The van der Waals surface area contributed by atoms with E-state index >= 15 is 0 Å². The molecular formula is C46H54Br2N10O7S2. The van der Waals surface area contributed by atoms with Crippen LogP contribution in [0.3, 0.4) is 0 Å². The number of amides is 1. The topological polar surface area (TPSA) is 222 Å². The van der Waals surface area contributed by atoms with Crippen LogP contribution in [-0.2, 0) is 20.0 Å². The fourth-order valence-electron chi connectivity index (χ4n) is 8.55. The van der Waals surface area contributed by atoms with Crippen LogP contribution in [0.2, 0.25) is 0 Å². The van der Waals surface area contributed by atoms with E-state index in [1.807, 2.05) is 26.9 Å². The molecule has 356 valence electrons. The van der Waals surface area contributed by atoms with Crippen LogP contribution >= 0.6 is 31.9 Å². The van der Waals surface area contributed by atoms with Crippen LogP contribution in [0.5, 0.6) is 0 Å². The Labute approximate surface area is 406 Å². The number of anilines is 2. The molecule has 2 saturated carbocycles. The number of nitrogens with zero attached hydrogens (tertiary/aromatic N) is 7. The molecule has 4 fully saturated rings. The van der Waals surface area contributed by atoms with Gasteiger partial charge in [-0.3, -0.25) is 14.2 Å². The lowest BCUT2D eigenvalue weighted by atomic mass is 9.98. The van der Waals surface area contributed by atoms with E-state index in [9.17, 15) is 26.4 Å². The van der Waals surface area contributed by atoms with E-state index in [1.165, 1.54) is 68.5 Å². The van der Waals surface area contributed by atoms with Crippen molar-refractivity contribution in [3.8, 4) is 0 Å². The van der Waals surface area contributed by atoms with Crippen LogP contribution in [0.1, 0.15) is 143 Å². The number of likely N-dealkylation sites (tertiary alicyclic amines) is 1. The van der Waals surface area contributed by atoms with Crippen molar-refractivity contribution >= 4 is 86.5 Å². The third kappa shape index (κ3) is 12.2. The van der Waals surface area contributed by atoms with Crippen LogP contribution < -0.4 is 14.8 Å². The molecule has 1 amide bonds. The number of aromatic nitrogens is 6. The number of rotatable bonds is 10. The number of piperidine rings is 2. The van der Waals surface area contributed by atoms with Gasteiger partial charge in [-0.25, -0.2) is 40.6 Å². The maximum Gasteiger partial charge on any atom is 0.337 e.